The number of anilines is 2. The molecular formula is C20H20N4O3. The summed E-state index contributed by atoms with van der Waals surface area (Å²) in [5.41, 5.74) is 2.03. The molecule has 0 atom stereocenters. The molecule has 2 rings (SSSR count). The smallest absolute Gasteiger partial charge is 0.269 e. The van der Waals surface area contributed by atoms with E-state index in [9.17, 15) is 20.2 Å². The van der Waals surface area contributed by atoms with E-state index in [1.165, 1.54) is 30.3 Å². The monoisotopic (exact) mass is 364 g/mol. The third-order valence-corrected chi connectivity index (χ3v) is 4.03. The first-order chi connectivity index (χ1) is 13.0. The first kappa shape index (κ1) is 19.7. The molecule has 0 aliphatic heterocycles. The highest BCUT2D eigenvalue weighted by Crippen LogP contribution is 2.19. The highest BCUT2D eigenvalue weighted by molar-refractivity contribution is 6.09. The number of nitrogens with zero attached hydrogens (tertiary/aromatic N) is 3. The molecule has 0 saturated heterocycles. The number of nitriles is 1. The average Bonchev–Trinajstić information content (AvgIpc) is 2.68. The van der Waals surface area contributed by atoms with Crippen molar-refractivity contribution in [2.45, 2.75) is 13.8 Å². The van der Waals surface area contributed by atoms with E-state index in [4.69, 9.17) is 0 Å². The van der Waals surface area contributed by atoms with Crippen LogP contribution in [0.1, 0.15) is 19.4 Å². The summed E-state index contributed by atoms with van der Waals surface area (Å²) in [5, 5.41) is 22.6. The topological polar surface area (TPSA) is 99.3 Å². The maximum absolute atomic E-state index is 12.3. The lowest BCUT2D eigenvalue weighted by Crippen LogP contribution is -2.21. The van der Waals surface area contributed by atoms with Crippen molar-refractivity contribution in [1.82, 2.24) is 0 Å². The van der Waals surface area contributed by atoms with Gasteiger partial charge >= 0.3 is 0 Å². The van der Waals surface area contributed by atoms with Gasteiger partial charge in [-0.15, -0.1) is 0 Å². The Morgan fingerprint density at radius 1 is 1.15 bits per heavy atom. The number of hydrogen-bond acceptors (Lipinski definition) is 5. The van der Waals surface area contributed by atoms with Crippen LogP contribution in [-0.2, 0) is 4.79 Å². The molecule has 0 radical (unpaired) electrons. The molecule has 0 saturated carbocycles. The van der Waals surface area contributed by atoms with Crippen molar-refractivity contribution in [2.75, 3.05) is 23.3 Å². The number of nitro groups is 1. The second-order valence-electron chi connectivity index (χ2n) is 5.69. The van der Waals surface area contributed by atoms with Gasteiger partial charge < -0.3 is 10.2 Å². The number of amides is 1. The lowest BCUT2D eigenvalue weighted by Gasteiger charge is -2.21. The number of nitrogens with one attached hydrogen (secondary N) is 1. The van der Waals surface area contributed by atoms with E-state index >= 15 is 0 Å². The highest BCUT2D eigenvalue weighted by atomic mass is 16.6. The van der Waals surface area contributed by atoms with E-state index in [0.717, 1.165) is 18.8 Å². The summed E-state index contributed by atoms with van der Waals surface area (Å²) in [6, 6.07) is 14.9. The molecule has 0 aliphatic carbocycles. The van der Waals surface area contributed by atoms with Gasteiger partial charge in [-0.1, -0.05) is 0 Å². The fraction of sp³-hybridized carbons (Fsp3) is 0.200. The summed E-state index contributed by atoms with van der Waals surface area (Å²) in [4.78, 5) is 24.7. The predicted molar refractivity (Wildman–Crippen MR) is 105 cm³/mol. The molecule has 7 nitrogen and oxygen atoms in total. The van der Waals surface area contributed by atoms with Crippen LogP contribution < -0.4 is 10.2 Å². The van der Waals surface area contributed by atoms with E-state index in [-0.39, 0.29) is 11.3 Å². The number of carbonyl (C=O) groups excluding carboxylic acids is 1. The second-order valence-corrected chi connectivity index (χ2v) is 5.69. The van der Waals surface area contributed by atoms with Gasteiger partial charge in [-0.3, -0.25) is 14.9 Å². The second kappa shape index (κ2) is 9.15. The normalized spacial score (nSPS) is 10.8. The number of hydrogen-bond donors (Lipinski definition) is 1. The molecule has 0 bridgehead atoms. The van der Waals surface area contributed by atoms with Crippen LogP contribution in [0.25, 0.3) is 6.08 Å². The first-order valence-corrected chi connectivity index (χ1v) is 8.51. The van der Waals surface area contributed by atoms with E-state index in [2.05, 4.69) is 24.1 Å². The summed E-state index contributed by atoms with van der Waals surface area (Å²) in [6.07, 6.45) is 1.39. The van der Waals surface area contributed by atoms with E-state index in [1.807, 2.05) is 18.2 Å². The van der Waals surface area contributed by atoms with Crippen molar-refractivity contribution in [3.8, 4) is 6.07 Å². The number of carbonyl (C=O) groups is 1. The van der Waals surface area contributed by atoms with Crippen LogP contribution in [0.4, 0.5) is 17.1 Å². The average molecular weight is 364 g/mol. The van der Waals surface area contributed by atoms with E-state index in [1.54, 1.807) is 12.1 Å². The fourth-order valence-corrected chi connectivity index (χ4v) is 2.55. The molecule has 2 aromatic carbocycles. The fourth-order valence-electron chi connectivity index (χ4n) is 2.55. The summed E-state index contributed by atoms with van der Waals surface area (Å²) < 4.78 is 0. The van der Waals surface area contributed by atoms with Gasteiger partial charge in [-0.2, -0.15) is 5.26 Å². The van der Waals surface area contributed by atoms with Gasteiger partial charge in [0.05, 0.1) is 4.92 Å². The largest absolute Gasteiger partial charge is 0.372 e. The molecule has 0 spiro atoms. The maximum atomic E-state index is 12.3. The van der Waals surface area contributed by atoms with Crippen LogP contribution in [0.5, 0.6) is 0 Å². The van der Waals surface area contributed by atoms with E-state index < -0.39 is 10.8 Å². The zero-order chi connectivity index (χ0) is 19.8. The van der Waals surface area contributed by atoms with Gasteiger partial charge in [0, 0.05) is 36.6 Å². The molecule has 138 valence electrons. The number of benzene rings is 2. The van der Waals surface area contributed by atoms with Crippen LogP contribution in [0.2, 0.25) is 0 Å². The Morgan fingerprint density at radius 2 is 1.74 bits per heavy atom. The Morgan fingerprint density at radius 3 is 2.22 bits per heavy atom. The minimum absolute atomic E-state index is 0.0524. The van der Waals surface area contributed by atoms with Crippen molar-refractivity contribution in [3.63, 3.8) is 0 Å². The third-order valence-electron chi connectivity index (χ3n) is 4.03. The van der Waals surface area contributed by atoms with Crippen LogP contribution in [0.3, 0.4) is 0 Å². The summed E-state index contributed by atoms with van der Waals surface area (Å²) in [6.45, 7) is 5.92. The Balaban J connectivity index is 2.12. The minimum atomic E-state index is -0.536. The van der Waals surface area contributed by atoms with E-state index in [0.29, 0.717) is 11.3 Å². The molecule has 0 aliphatic rings. The Bertz CT molecular complexity index is 877. The van der Waals surface area contributed by atoms with Crippen molar-refractivity contribution in [1.29, 1.82) is 5.26 Å². The molecule has 0 heterocycles. The molecule has 0 unspecified atom stereocenters. The van der Waals surface area contributed by atoms with Gasteiger partial charge in [0.1, 0.15) is 11.6 Å². The molecule has 2 aromatic rings. The van der Waals surface area contributed by atoms with Crippen molar-refractivity contribution < 1.29 is 9.72 Å². The van der Waals surface area contributed by atoms with Gasteiger partial charge in [0.15, 0.2) is 0 Å². The molecule has 1 N–H and O–H groups in total. The summed E-state index contributed by atoms with van der Waals surface area (Å²) in [7, 11) is 0. The molecule has 0 aromatic heterocycles. The Labute approximate surface area is 157 Å². The Kier molecular flexibility index (Phi) is 6.67. The van der Waals surface area contributed by atoms with Crippen molar-refractivity contribution >= 4 is 29.0 Å². The predicted octanol–water partition coefficient (Wildman–Crippen LogP) is 3.99. The SMILES string of the molecule is CCN(CC)c1ccc(NC(=O)/C(C#N)=C\c2ccc([N+](=O)[O-])cc2)cc1. The van der Waals surface area contributed by atoms with Crippen molar-refractivity contribution in [3.05, 3.63) is 69.8 Å². The molecule has 1 amide bonds. The molecule has 0 fully saturated rings. The van der Waals surface area contributed by atoms with Crippen molar-refractivity contribution in [2.24, 2.45) is 0 Å². The minimum Gasteiger partial charge on any atom is -0.372 e. The number of non-ortho nitro benzene ring substituents is 1. The zero-order valence-corrected chi connectivity index (χ0v) is 15.2. The van der Waals surface area contributed by atoms with Crippen LogP contribution in [-0.4, -0.2) is 23.9 Å². The van der Waals surface area contributed by atoms with Crippen LogP contribution in [0.15, 0.2) is 54.1 Å². The quantitative estimate of drug-likeness (QED) is 0.347. The molecular weight excluding hydrogens is 344 g/mol. The first-order valence-electron chi connectivity index (χ1n) is 8.51. The Hall–Kier alpha value is -3.66. The summed E-state index contributed by atoms with van der Waals surface area (Å²) in [5.74, 6) is -0.536. The van der Waals surface area contributed by atoms with Crippen LogP contribution >= 0.6 is 0 Å². The third kappa shape index (κ3) is 5.16. The van der Waals surface area contributed by atoms with Gasteiger partial charge in [0.2, 0.25) is 0 Å². The number of rotatable bonds is 7. The molecule has 7 heteroatoms. The molecule has 27 heavy (non-hydrogen) atoms. The lowest BCUT2D eigenvalue weighted by molar-refractivity contribution is -0.384. The highest BCUT2D eigenvalue weighted by Gasteiger charge is 2.11. The summed E-state index contributed by atoms with van der Waals surface area (Å²) >= 11 is 0. The number of nitro benzene ring substituents is 1. The van der Waals surface area contributed by atoms with Gasteiger partial charge in [-0.25, -0.2) is 0 Å². The van der Waals surface area contributed by atoms with Crippen LogP contribution in [0, 0.1) is 21.4 Å². The standard InChI is InChI=1S/C20H20N4O3/c1-3-23(4-2)18-11-7-17(8-12-18)22-20(25)16(14-21)13-15-5-9-19(10-6-15)24(26)27/h5-13H,3-4H2,1-2H3,(H,22,25)/b16-13-. The maximum Gasteiger partial charge on any atom is 0.269 e. The lowest BCUT2D eigenvalue weighted by atomic mass is 10.1. The van der Waals surface area contributed by atoms with Gasteiger partial charge in [-0.05, 0) is 61.9 Å². The zero-order valence-electron chi connectivity index (χ0n) is 15.2. The van der Waals surface area contributed by atoms with Gasteiger partial charge in [0.25, 0.3) is 11.6 Å².